The molecule has 1 atom stereocenters. The van der Waals surface area contributed by atoms with E-state index in [9.17, 15) is 8.42 Å². The van der Waals surface area contributed by atoms with Crippen LogP contribution in [0, 0.1) is 0 Å². The van der Waals surface area contributed by atoms with Crippen LogP contribution in [0.15, 0.2) is 6.33 Å². The highest BCUT2D eigenvalue weighted by atomic mass is 32.2. The lowest BCUT2D eigenvalue weighted by molar-refractivity contribution is 0.340. The molecule has 0 bridgehead atoms. The fourth-order valence-electron chi connectivity index (χ4n) is 3.34. The first-order chi connectivity index (χ1) is 9.53. The highest BCUT2D eigenvalue weighted by molar-refractivity contribution is 7.90. The second-order valence-electron chi connectivity index (χ2n) is 6.13. The standard InChI is InChI=1S/C14H23N3O2S/c1-20(18,19)9-8-16-7-6-12(10-16)17-11-15-13-4-2-3-5-14(13)17/h11-12H,2-10H2,1H3/t12-/m0/s1. The Bertz CT molecular complexity index is 579. The minimum absolute atomic E-state index is 0.266. The van der Waals surface area contributed by atoms with Crippen molar-refractivity contribution in [2.24, 2.45) is 0 Å². The van der Waals surface area contributed by atoms with E-state index in [1.54, 1.807) is 0 Å². The van der Waals surface area contributed by atoms with Crippen molar-refractivity contribution < 1.29 is 8.42 Å². The third-order valence-corrected chi connectivity index (χ3v) is 5.40. The van der Waals surface area contributed by atoms with Gasteiger partial charge in [-0.1, -0.05) is 0 Å². The van der Waals surface area contributed by atoms with Crippen LogP contribution in [-0.2, 0) is 22.7 Å². The molecular weight excluding hydrogens is 274 g/mol. The van der Waals surface area contributed by atoms with Crippen LogP contribution in [0.3, 0.4) is 0 Å². The molecule has 1 fully saturated rings. The lowest BCUT2D eigenvalue weighted by atomic mass is 10.0. The van der Waals surface area contributed by atoms with Crippen molar-refractivity contribution in [3.63, 3.8) is 0 Å². The minimum Gasteiger partial charge on any atom is -0.330 e. The Morgan fingerprint density at radius 2 is 2.15 bits per heavy atom. The van der Waals surface area contributed by atoms with Gasteiger partial charge in [0.05, 0.1) is 17.8 Å². The number of hydrogen-bond acceptors (Lipinski definition) is 4. The fourth-order valence-corrected chi connectivity index (χ4v) is 3.93. The van der Waals surface area contributed by atoms with Crippen LogP contribution in [-0.4, -0.2) is 54.5 Å². The zero-order valence-electron chi connectivity index (χ0n) is 12.1. The third kappa shape index (κ3) is 3.06. The molecule has 2 aliphatic rings. The van der Waals surface area contributed by atoms with E-state index in [0.29, 0.717) is 12.6 Å². The van der Waals surface area contributed by atoms with Gasteiger partial charge in [0, 0.05) is 37.6 Å². The normalized spacial score (nSPS) is 23.9. The molecule has 1 aliphatic carbocycles. The molecule has 20 heavy (non-hydrogen) atoms. The van der Waals surface area contributed by atoms with Gasteiger partial charge in [-0.15, -0.1) is 0 Å². The van der Waals surface area contributed by atoms with Crippen LogP contribution in [0.4, 0.5) is 0 Å². The lowest BCUT2D eigenvalue weighted by Crippen LogP contribution is -2.27. The smallest absolute Gasteiger partial charge is 0.148 e. The number of rotatable bonds is 4. The molecule has 0 amide bonds. The van der Waals surface area contributed by atoms with E-state index in [2.05, 4.69) is 14.5 Å². The summed E-state index contributed by atoms with van der Waals surface area (Å²) in [6.07, 6.45) is 9.21. The number of hydrogen-bond donors (Lipinski definition) is 0. The molecule has 0 saturated carbocycles. The van der Waals surface area contributed by atoms with E-state index < -0.39 is 9.84 Å². The van der Waals surface area contributed by atoms with E-state index in [1.807, 2.05) is 6.33 Å². The average Bonchev–Trinajstić information content (AvgIpc) is 3.01. The summed E-state index contributed by atoms with van der Waals surface area (Å²) in [5.41, 5.74) is 2.71. The van der Waals surface area contributed by atoms with Gasteiger partial charge < -0.3 is 9.47 Å². The van der Waals surface area contributed by atoms with Gasteiger partial charge >= 0.3 is 0 Å². The summed E-state index contributed by atoms with van der Waals surface area (Å²) in [7, 11) is -2.86. The number of aromatic nitrogens is 2. The molecule has 1 aromatic heterocycles. The maximum absolute atomic E-state index is 11.2. The van der Waals surface area contributed by atoms with E-state index in [0.717, 1.165) is 32.4 Å². The lowest BCUT2D eigenvalue weighted by Gasteiger charge is -2.20. The molecule has 6 heteroatoms. The molecule has 1 aliphatic heterocycles. The van der Waals surface area contributed by atoms with Gasteiger partial charge in [-0.25, -0.2) is 13.4 Å². The monoisotopic (exact) mass is 297 g/mol. The molecule has 2 heterocycles. The van der Waals surface area contributed by atoms with Crippen LogP contribution in [0.2, 0.25) is 0 Å². The van der Waals surface area contributed by atoms with Gasteiger partial charge in [-0.05, 0) is 32.1 Å². The number of aryl methyl sites for hydroxylation is 1. The van der Waals surface area contributed by atoms with Gasteiger partial charge in [-0.2, -0.15) is 0 Å². The zero-order valence-corrected chi connectivity index (χ0v) is 12.9. The maximum atomic E-state index is 11.2. The molecule has 0 unspecified atom stereocenters. The number of sulfone groups is 1. The van der Waals surface area contributed by atoms with Gasteiger partial charge in [0.2, 0.25) is 0 Å². The quantitative estimate of drug-likeness (QED) is 0.834. The first-order valence-corrected chi connectivity index (χ1v) is 9.53. The predicted molar refractivity (Wildman–Crippen MR) is 78.7 cm³/mol. The molecule has 0 spiro atoms. The van der Waals surface area contributed by atoms with Crippen molar-refractivity contribution in [2.75, 3.05) is 31.6 Å². The third-order valence-electron chi connectivity index (χ3n) is 4.48. The van der Waals surface area contributed by atoms with Gasteiger partial charge in [0.15, 0.2) is 0 Å². The fraction of sp³-hybridized carbons (Fsp3) is 0.786. The summed E-state index contributed by atoms with van der Waals surface area (Å²) < 4.78 is 24.9. The molecule has 0 radical (unpaired) electrons. The molecule has 1 aromatic rings. The Balaban J connectivity index is 1.64. The summed E-state index contributed by atoms with van der Waals surface area (Å²) >= 11 is 0. The first kappa shape index (κ1) is 14.1. The Morgan fingerprint density at radius 1 is 1.35 bits per heavy atom. The van der Waals surface area contributed by atoms with Crippen molar-refractivity contribution in [1.29, 1.82) is 0 Å². The van der Waals surface area contributed by atoms with Gasteiger partial charge in [-0.3, -0.25) is 0 Å². The van der Waals surface area contributed by atoms with Crippen molar-refractivity contribution in [3.8, 4) is 0 Å². The summed E-state index contributed by atoms with van der Waals surface area (Å²) in [5, 5.41) is 0. The first-order valence-electron chi connectivity index (χ1n) is 7.47. The SMILES string of the molecule is CS(=O)(=O)CCN1CC[C@H](n2cnc3c2CCCC3)C1. The van der Waals surface area contributed by atoms with Crippen LogP contribution >= 0.6 is 0 Å². The van der Waals surface area contributed by atoms with Gasteiger partial charge in [0.25, 0.3) is 0 Å². The Kier molecular flexibility index (Phi) is 3.86. The van der Waals surface area contributed by atoms with Gasteiger partial charge in [0.1, 0.15) is 9.84 Å². The topological polar surface area (TPSA) is 55.2 Å². The van der Waals surface area contributed by atoms with E-state index in [4.69, 9.17) is 0 Å². The highest BCUT2D eigenvalue weighted by Gasteiger charge is 2.27. The molecule has 0 aromatic carbocycles. The molecule has 112 valence electrons. The van der Waals surface area contributed by atoms with E-state index in [1.165, 1.54) is 30.5 Å². The van der Waals surface area contributed by atoms with E-state index in [-0.39, 0.29) is 5.75 Å². The summed E-state index contributed by atoms with van der Waals surface area (Å²) in [5.74, 6) is 0.266. The second kappa shape index (κ2) is 5.48. The van der Waals surface area contributed by atoms with Crippen LogP contribution in [0.25, 0.3) is 0 Å². The Labute approximate surface area is 120 Å². The molecule has 3 rings (SSSR count). The second-order valence-corrected chi connectivity index (χ2v) is 8.39. The number of fused-ring (bicyclic) bond motifs is 1. The Morgan fingerprint density at radius 3 is 2.95 bits per heavy atom. The van der Waals surface area contributed by atoms with Crippen molar-refractivity contribution >= 4 is 9.84 Å². The molecule has 1 saturated heterocycles. The summed E-state index contributed by atoms with van der Waals surface area (Å²) in [6.45, 7) is 2.61. The predicted octanol–water partition coefficient (Wildman–Crippen LogP) is 1.05. The van der Waals surface area contributed by atoms with Crippen molar-refractivity contribution in [3.05, 3.63) is 17.7 Å². The zero-order chi connectivity index (χ0) is 14.2. The van der Waals surface area contributed by atoms with Crippen LogP contribution < -0.4 is 0 Å². The van der Waals surface area contributed by atoms with Crippen LogP contribution in [0.5, 0.6) is 0 Å². The largest absolute Gasteiger partial charge is 0.330 e. The summed E-state index contributed by atoms with van der Waals surface area (Å²) in [6, 6.07) is 0.476. The molecule has 5 nitrogen and oxygen atoms in total. The van der Waals surface area contributed by atoms with Crippen LogP contribution in [0.1, 0.15) is 36.7 Å². The van der Waals surface area contributed by atoms with Crippen molar-refractivity contribution in [1.82, 2.24) is 14.5 Å². The van der Waals surface area contributed by atoms with Crippen molar-refractivity contribution in [2.45, 2.75) is 38.1 Å². The minimum atomic E-state index is -2.86. The number of likely N-dealkylation sites (tertiary alicyclic amines) is 1. The molecular formula is C14H23N3O2S. The average molecular weight is 297 g/mol. The molecule has 0 N–H and O–H groups in total. The number of imidazole rings is 1. The highest BCUT2D eigenvalue weighted by Crippen LogP contribution is 2.28. The Hall–Kier alpha value is -0.880. The summed E-state index contributed by atoms with van der Waals surface area (Å²) in [4.78, 5) is 6.82. The van der Waals surface area contributed by atoms with E-state index >= 15 is 0 Å². The maximum Gasteiger partial charge on any atom is 0.148 e. The number of nitrogens with zero attached hydrogens (tertiary/aromatic N) is 3.